The molecule has 2 aromatic rings. The summed E-state index contributed by atoms with van der Waals surface area (Å²) in [5, 5.41) is 2.66. The summed E-state index contributed by atoms with van der Waals surface area (Å²) in [5.41, 5.74) is 1.13. The lowest BCUT2D eigenvalue weighted by Crippen LogP contribution is -2.37. The number of nitrogens with one attached hydrogen (secondary N) is 1. The van der Waals surface area contributed by atoms with Crippen LogP contribution < -0.4 is 15.0 Å². The number of hydrogen-bond donors (Lipinski definition) is 1. The molecular weight excluding hydrogens is 404 g/mol. The highest BCUT2D eigenvalue weighted by molar-refractivity contribution is 5.95. The maximum atomic E-state index is 12.5. The number of morpholine rings is 1. The highest BCUT2D eigenvalue weighted by atomic mass is 16.5. The minimum absolute atomic E-state index is 0.114. The van der Waals surface area contributed by atoms with Gasteiger partial charge in [-0.25, -0.2) is 14.8 Å². The van der Waals surface area contributed by atoms with E-state index < -0.39 is 18.5 Å². The first-order chi connectivity index (χ1) is 15.1. The van der Waals surface area contributed by atoms with Crippen molar-refractivity contribution in [1.82, 2.24) is 9.97 Å². The van der Waals surface area contributed by atoms with Crippen LogP contribution in [0.4, 0.5) is 11.6 Å². The molecule has 0 saturated carbocycles. The summed E-state index contributed by atoms with van der Waals surface area (Å²) < 4.78 is 21.0. The van der Waals surface area contributed by atoms with Gasteiger partial charge in [0.05, 0.1) is 32.1 Å². The van der Waals surface area contributed by atoms with E-state index in [1.54, 1.807) is 24.3 Å². The van der Waals surface area contributed by atoms with Crippen molar-refractivity contribution in [2.75, 3.05) is 56.8 Å². The molecule has 1 saturated heterocycles. The first-order valence-corrected chi connectivity index (χ1v) is 9.98. The van der Waals surface area contributed by atoms with E-state index in [0.29, 0.717) is 56.0 Å². The van der Waals surface area contributed by atoms with E-state index in [0.717, 1.165) is 0 Å². The van der Waals surface area contributed by atoms with Crippen molar-refractivity contribution in [3.63, 3.8) is 0 Å². The summed E-state index contributed by atoms with van der Waals surface area (Å²) in [6, 6.07) is 6.91. The first kappa shape index (κ1) is 22.4. The summed E-state index contributed by atoms with van der Waals surface area (Å²) in [6.07, 6.45) is 1.40. The number of carbonyl (C=O) groups excluding carboxylic acids is 2. The van der Waals surface area contributed by atoms with Crippen LogP contribution in [0.3, 0.4) is 0 Å². The normalized spacial score (nSPS) is 13.5. The molecule has 31 heavy (non-hydrogen) atoms. The number of amides is 1. The minimum atomic E-state index is -0.692. The molecule has 10 nitrogen and oxygen atoms in total. The Balaban J connectivity index is 1.59. The zero-order valence-electron chi connectivity index (χ0n) is 17.6. The van der Waals surface area contributed by atoms with E-state index in [4.69, 9.17) is 18.9 Å². The van der Waals surface area contributed by atoms with E-state index in [-0.39, 0.29) is 12.2 Å². The van der Waals surface area contributed by atoms with Crippen LogP contribution >= 0.6 is 0 Å². The number of esters is 1. The lowest BCUT2D eigenvalue weighted by atomic mass is 10.2. The molecule has 1 amide bonds. The summed E-state index contributed by atoms with van der Waals surface area (Å²) in [7, 11) is 1.51. The number of nitrogens with zero attached hydrogens (tertiary/aromatic N) is 3. The highest BCUT2D eigenvalue weighted by Crippen LogP contribution is 2.17. The third kappa shape index (κ3) is 6.37. The average molecular weight is 430 g/mol. The van der Waals surface area contributed by atoms with Crippen LogP contribution in [-0.4, -0.2) is 68.5 Å². The van der Waals surface area contributed by atoms with Crippen molar-refractivity contribution in [1.29, 1.82) is 0 Å². The van der Waals surface area contributed by atoms with Gasteiger partial charge in [-0.1, -0.05) is 0 Å². The third-order valence-corrected chi connectivity index (χ3v) is 4.43. The van der Waals surface area contributed by atoms with Crippen molar-refractivity contribution >= 4 is 23.5 Å². The van der Waals surface area contributed by atoms with E-state index in [2.05, 4.69) is 15.3 Å². The molecule has 0 unspecified atom stereocenters. The molecule has 1 N–H and O–H groups in total. The lowest BCUT2D eigenvalue weighted by molar-refractivity contribution is -0.119. The molecule has 0 radical (unpaired) electrons. The second-order valence-electron chi connectivity index (χ2n) is 6.64. The van der Waals surface area contributed by atoms with Crippen LogP contribution in [-0.2, 0) is 25.6 Å². The standard InChI is InChI=1S/C21H26N4O6/c1-3-30-16-6-4-15(5-7-16)23-19(26)14-31-20(27)17-12-22-21(24-18(17)13-28-2)25-8-10-29-11-9-25/h4-7,12H,3,8-11,13-14H2,1-2H3,(H,23,26). The number of aromatic nitrogens is 2. The van der Waals surface area contributed by atoms with Gasteiger partial charge in [-0.05, 0) is 31.2 Å². The van der Waals surface area contributed by atoms with E-state index in [1.165, 1.54) is 13.3 Å². The Morgan fingerprint density at radius 1 is 1.19 bits per heavy atom. The van der Waals surface area contributed by atoms with E-state index in [9.17, 15) is 9.59 Å². The van der Waals surface area contributed by atoms with Gasteiger partial charge in [-0.15, -0.1) is 0 Å². The number of hydrogen-bond acceptors (Lipinski definition) is 9. The molecule has 0 spiro atoms. The number of methoxy groups -OCH3 is 1. The van der Waals surface area contributed by atoms with Crippen LogP contribution in [0.1, 0.15) is 23.0 Å². The maximum Gasteiger partial charge on any atom is 0.342 e. The van der Waals surface area contributed by atoms with Gasteiger partial charge < -0.3 is 29.2 Å². The first-order valence-electron chi connectivity index (χ1n) is 9.98. The van der Waals surface area contributed by atoms with Crippen molar-refractivity contribution in [2.45, 2.75) is 13.5 Å². The van der Waals surface area contributed by atoms with Crippen molar-refractivity contribution in [3.05, 3.63) is 41.7 Å². The second-order valence-corrected chi connectivity index (χ2v) is 6.64. The van der Waals surface area contributed by atoms with Crippen LogP contribution in [0, 0.1) is 0 Å². The van der Waals surface area contributed by atoms with Gasteiger partial charge in [-0.2, -0.15) is 0 Å². The van der Waals surface area contributed by atoms with E-state index >= 15 is 0 Å². The lowest BCUT2D eigenvalue weighted by Gasteiger charge is -2.27. The zero-order valence-corrected chi connectivity index (χ0v) is 17.6. The monoisotopic (exact) mass is 430 g/mol. The molecule has 10 heteroatoms. The SMILES string of the molecule is CCOc1ccc(NC(=O)COC(=O)c2cnc(N3CCOCC3)nc2COC)cc1. The quantitative estimate of drug-likeness (QED) is 0.594. The molecule has 1 aromatic heterocycles. The van der Waals surface area contributed by atoms with Gasteiger partial charge in [0.1, 0.15) is 11.3 Å². The summed E-state index contributed by atoms with van der Waals surface area (Å²) in [4.78, 5) is 35.3. The molecule has 2 heterocycles. The number of benzene rings is 1. The largest absolute Gasteiger partial charge is 0.494 e. The zero-order chi connectivity index (χ0) is 22.1. The number of carbonyl (C=O) groups is 2. The fourth-order valence-electron chi connectivity index (χ4n) is 2.95. The fraction of sp³-hybridized carbons (Fsp3) is 0.429. The molecule has 1 aliphatic rings. The molecule has 166 valence electrons. The molecule has 3 rings (SSSR count). The average Bonchev–Trinajstić information content (AvgIpc) is 2.80. The summed E-state index contributed by atoms with van der Waals surface area (Å²) in [6.45, 7) is 4.65. The van der Waals surface area contributed by atoms with Crippen LogP contribution in [0.25, 0.3) is 0 Å². The van der Waals surface area contributed by atoms with Gasteiger partial charge >= 0.3 is 5.97 Å². The van der Waals surface area contributed by atoms with Gasteiger partial charge in [0.15, 0.2) is 6.61 Å². The van der Waals surface area contributed by atoms with Gasteiger partial charge in [0.25, 0.3) is 5.91 Å². The Kier molecular flexibility index (Phi) is 8.13. The molecule has 1 fully saturated rings. The third-order valence-electron chi connectivity index (χ3n) is 4.43. The Morgan fingerprint density at radius 2 is 1.94 bits per heavy atom. The van der Waals surface area contributed by atoms with Crippen molar-refractivity contribution < 1.29 is 28.5 Å². The number of ether oxygens (including phenoxy) is 4. The molecular formula is C21H26N4O6. The summed E-state index contributed by atoms with van der Waals surface area (Å²) in [5.74, 6) is 0.0531. The van der Waals surface area contributed by atoms with Crippen LogP contribution in [0.15, 0.2) is 30.5 Å². The Morgan fingerprint density at radius 3 is 2.61 bits per heavy atom. The van der Waals surface area contributed by atoms with Gasteiger partial charge in [0, 0.05) is 32.1 Å². The number of anilines is 2. The summed E-state index contributed by atoms with van der Waals surface area (Å²) >= 11 is 0. The predicted octanol–water partition coefficient (Wildman–Crippen LogP) is 1.65. The molecule has 0 atom stereocenters. The Labute approximate surface area is 180 Å². The molecule has 1 aliphatic heterocycles. The second kappa shape index (κ2) is 11.2. The molecule has 1 aromatic carbocycles. The van der Waals surface area contributed by atoms with E-state index in [1.807, 2.05) is 11.8 Å². The molecule has 0 aliphatic carbocycles. The van der Waals surface area contributed by atoms with Crippen molar-refractivity contribution in [2.24, 2.45) is 0 Å². The van der Waals surface area contributed by atoms with Gasteiger partial charge in [0.2, 0.25) is 5.95 Å². The fourth-order valence-corrected chi connectivity index (χ4v) is 2.95. The highest BCUT2D eigenvalue weighted by Gasteiger charge is 2.20. The van der Waals surface area contributed by atoms with Crippen LogP contribution in [0.2, 0.25) is 0 Å². The molecule has 0 bridgehead atoms. The Bertz CT molecular complexity index is 884. The predicted molar refractivity (Wildman–Crippen MR) is 112 cm³/mol. The Hall–Kier alpha value is -3.24. The smallest absolute Gasteiger partial charge is 0.342 e. The maximum absolute atomic E-state index is 12.5. The van der Waals surface area contributed by atoms with Gasteiger partial charge in [-0.3, -0.25) is 4.79 Å². The van der Waals surface area contributed by atoms with Crippen molar-refractivity contribution in [3.8, 4) is 5.75 Å². The minimum Gasteiger partial charge on any atom is -0.494 e. The van der Waals surface area contributed by atoms with Crippen LogP contribution in [0.5, 0.6) is 5.75 Å². The topological polar surface area (TPSA) is 112 Å². The number of rotatable bonds is 9.